The summed E-state index contributed by atoms with van der Waals surface area (Å²) in [5.41, 5.74) is 0.816. The average Bonchev–Trinajstić information content (AvgIpc) is 3.00. The minimum absolute atomic E-state index is 0.293. The van der Waals surface area contributed by atoms with Crippen molar-refractivity contribution in [3.8, 4) is 0 Å². The number of hydrogen-bond donors (Lipinski definition) is 1. The fraction of sp³-hybridized carbons (Fsp3) is 0.462. The quantitative estimate of drug-likeness (QED) is 0.910. The molecule has 0 radical (unpaired) electrons. The molecule has 2 rings (SSSR count). The second-order valence-corrected chi connectivity index (χ2v) is 6.54. The Labute approximate surface area is 118 Å². The van der Waals surface area contributed by atoms with Crippen molar-refractivity contribution in [3.63, 3.8) is 0 Å². The van der Waals surface area contributed by atoms with E-state index in [-0.39, 0.29) is 0 Å². The Kier molecular flexibility index (Phi) is 4.61. The van der Waals surface area contributed by atoms with Crippen molar-refractivity contribution in [2.75, 3.05) is 20.2 Å². The number of amides is 1. The van der Waals surface area contributed by atoms with Gasteiger partial charge in [0.05, 0.1) is 12.0 Å². The van der Waals surface area contributed by atoms with Crippen LogP contribution in [0.5, 0.6) is 0 Å². The molecule has 0 atom stereocenters. The number of sulfonamides is 1. The van der Waals surface area contributed by atoms with E-state index in [0.29, 0.717) is 24.5 Å². The summed E-state index contributed by atoms with van der Waals surface area (Å²) in [6, 6.07) is 6.53. The average molecular weight is 298 g/mol. The number of nitrogens with one attached hydrogen (secondary N) is 1. The van der Waals surface area contributed by atoms with Gasteiger partial charge in [0.25, 0.3) is 0 Å². The maximum absolute atomic E-state index is 12.3. The Hall–Kier alpha value is -1.60. The molecule has 1 amide bonds. The third-order valence-corrected chi connectivity index (χ3v) is 5.16. The van der Waals surface area contributed by atoms with Crippen molar-refractivity contribution in [1.82, 2.24) is 9.62 Å². The van der Waals surface area contributed by atoms with Crippen LogP contribution in [0.2, 0.25) is 0 Å². The smallest absolute Gasteiger partial charge is 0.407 e. The first-order chi connectivity index (χ1) is 9.54. The number of ether oxygens (including phenoxy) is 1. The fourth-order valence-corrected chi connectivity index (χ4v) is 3.62. The first-order valence-corrected chi connectivity index (χ1v) is 7.89. The van der Waals surface area contributed by atoms with Gasteiger partial charge in [0, 0.05) is 19.6 Å². The molecule has 1 aliphatic rings. The lowest BCUT2D eigenvalue weighted by Gasteiger charge is -2.15. The number of nitrogens with zero attached hydrogens (tertiary/aromatic N) is 1. The van der Waals surface area contributed by atoms with Crippen LogP contribution in [0.15, 0.2) is 29.2 Å². The molecule has 6 nitrogen and oxygen atoms in total. The lowest BCUT2D eigenvalue weighted by atomic mass is 10.2. The molecule has 20 heavy (non-hydrogen) atoms. The fourth-order valence-electron chi connectivity index (χ4n) is 2.10. The highest BCUT2D eigenvalue weighted by atomic mass is 32.2. The molecule has 1 N–H and O–H groups in total. The number of alkyl carbamates (subject to hydrolysis) is 1. The Bertz CT molecular complexity index is 563. The van der Waals surface area contributed by atoms with E-state index in [4.69, 9.17) is 0 Å². The van der Waals surface area contributed by atoms with E-state index in [1.54, 1.807) is 24.3 Å². The molecule has 110 valence electrons. The van der Waals surface area contributed by atoms with Gasteiger partial charge in [-0.15, -0.1) is 0 Å². The molecule has 1 aliphatic heterocycles. The molecule has 0 aliphatic carbocycles. The first kappa shape index (κ1) is 14.8. The van der Waals surface area contributed by atoms with E-state index in [1.165, 1.54) is 11.4 Å². The summed E-state index contributed by atoms with van der Waals surface area (Å²) in [7, 11) is -2.08. The standard InChI is InChI=1S/C13H18N2O4S/c1-19-13(16)14-10-11-4-6-12(7-5-11)20(17,18)15-8-2-3-9-15/h4-7H,2-3,8-10H2,1H3,(H,14,16). The third kappa shape index (κ3) is 3.29. The second-order valence-electron chi connectivity index (χ2n) is 4.60. The van der Waals surface area contributed by atoms with E-state index in [2.05, 4.69) is 10.1 Å². The maximum atomic E-state index is 12.3. The van der Waals surface area contributed by atoms with E-state index < -0.39 is 16.1 Å². The van der Waals surface area contributed by atoms with Crippen LogP contribution < -0.4 is 5.32 Å². The van der Waals surface area contributed by atoms with E-state index >= 15 is 0 Å². The molecule has 1 aromatic rings. The van der Waals surface area contributed by atoms with Gasteiger partial charge in [-0.1, -0.05) is 12.1 Å². The van der Waals surface area contributed by atoms with Gasteiger partial charge < -0.3 is 10.1 Å². The highest BCUT2D eigenvalue weighted by molar-refractivity contribution is 7.89. The van der Waals surface area contributed by atoms with Crippen LogP contribution >= 0.6 is 0 Å². The van der Waals surface area contributed by atoms with Gasteiger partial charge in [-0.2, -0.15) is 4.31 Å². The topological polar surface area (TPSA) is 75.7 Å². The zero-order valence-electron chi connectivity index (χ0n) is 11.3. The van der Waals surface area contributed by atoms with Gasteiger partial charge in [-0.05, 0) is 30.5 Å². The number of carbonyl (C=O) groups excluding carboxylic acids is 1. The minimum Gasteiger partial charge on any atom is -0.453 e. The molecular formula is C13H18N2O4S. The molecule has 1 aromatic carbocycles. The van der Waals surface area contributed by atoms with Crippen LogP contribution in [0.25, 0.3) is 0 Å². The summed E-state index contributed by atoms with van der Waals surface area (Å²) in [5, 5.41) is 2.54. The van der Waals surface area contributed by atoms with Crippen LogP contribution in [-0.2, 0) is 21.3 Å². The number of hydrogen-bond acceptors (Lipinski definition) is 4. The molecule has 7 heteroatoms. The van der Waals surface area contributed by atoms with Crippen LogP contribution in [-0.4, -0.2) is 39.0 Å². The summed E-state index contributed by atoms with van der Waals surface area (Å²) in [5.74, 6) is 0. The molecule has 0 aromatic heterocycles. The largest absolute Gasteiger partial charge is 0.453 e. The zero-order chi connectivity index (χ0) is 14.6. The minimum atomic E-state index is -3.37. The van der Waals surface area contributed by atoms with Crippen molar-refractivity contribution in [2.24, 2.45) is 0 Å². The lowest BCUT2D eigenvalue weighted by Crippen LogP contribution is -2.27. The summed E-state index contributed by atoms with van der Waals surface area (Å²) >= 11 is 0. The molecule has 0 bridgehead atoms. The molecule has 1 fully saturated rings. The van der Waals surface area contributed by atoms with Gasteiger partial charge in [0.2, 0.25) is 10.0 Å². The van der Waals surface area contributed by atoms with Crippen LogP contribution in [0, 0.1) is 0 Å². The molecule has 0 unspecified atom stereocenters. The van der Waals surface area contributed by atoms with Gasteiger partial charge in [-0.25, -0.2) is 13.2 Å². The zero-order valence-corrected chi connectivity index (χ0v) is 12.1. The highest BCUT2D eigenvalue weighted by Gasteiger charge is 2.26. The van der Waals surface area contributed by atoms with E-state index in [0.717, 1.165) is 18.4 Å². The van der Waals surface area contributed by atoms with Crippen LogP contribution in [0.3, 0.4) is 0 Å². The van der Waals surface area contributed by atoms with Gasteiger partial charge in [-0.3, -0.25) is 0 Å². The Morgan fingerprint density at radius 1 is 1.25 bits per heavy atom. The molecule has 0 saturated carbocycles. The number of rotatable bonds is 4. The third-order valence-electron chi connectivity index (χ3n) is 3.25. The summed E-state index contributed by atoms with van der Waals surface area (Å²) in [6.07, 6.45) is 1.32. The summed E-state index contributed by atoms with van der Waals surface area (Å²) in [6.45, 7) is 1.48. The predicted octanol–water partition coefficient (Wildman–Crippen LogP) is 1.33. The maximum Gasteiger partial charge on any atom is 0.407 e. The molecule has 1 saturated heterocycles. The van der Waals surface area contributed by atoms with Gasteiger partial charge >= 0.3 is 6.09 Å². The normalized spacial score (nSPS) is 16.1. The Morgan fingerprint density at radius 2 is 1.85 bits per heavy atom. The van der Waals surface area contributed by atoms with E-state index in [9.17, 15) is 13.2 Å². The number of benzene rings is 1. The van der Waals surface area contributed by atoms with Crippen LogP contribution in [0.1, 0.15) is 18.4 Å². The van der Waals surface area contributed by atoms with Gasteiger partial charge in [0.15, 0.2) is 0 Å². The first-order valence-electron chi connectivity index (χ1n) is 6.45. The Morgan fingerprint density at radius 3 is 2.40 bits per heavy atom. The Balaban J connectivity index is 2.06. The number of carbonyl (C=O) groups is 1. The van der Waals surface area contributed by atoms with Crippen molar-refractivity contribution in [3.05, 3.63) is 29.8 Å². The molecular weight excluding hydrogens is 280 g/mol. The lowest BCUT2D eigenvalue weighted by molar-refractivity contribution is 0.170. The van der Waals surface area contributed by atoms with E-state index in [1.807, 2.05) is 0 Å². The van der Waals surface area contributed by atoms with Crippen molar-refractivity contribution >= 4 is 16.1 Å². The second kappa shape index (κ2) is 6.23. The summed E-state index contributed by atoms with van der Waals surface area (Å²) < 4.78 is 30.6. The highest BCUT2D eigenvalue weighted by Crippen LogP contribution is 2.20. The van der Waals surface area contributed by atoms with Crippen molar-refractivity contribution < 1.29 is 17.9 Å². The van der Waals surface area contributed by atoms with Crippen molar-refractivity contribution in [1.29, 1.82) is 0 Å². The van der Waals surface area contributed by atoms with Crippen molar-refractivity contribution in [2.45, 2.75) is 24.3 Å². The molecule has 1 heterocycles. The molecule has 0 spiro atoms. The van der Waals surface area contributed by atoms with Crippen LogP contribution in [0.4, 0.5) is 4.79 Å². The number of methoxy groups -OCH3 is 1. The monoisotopic (exact) mass is 298 g/mol. The summed E-state index contributed by atoms with van der Waals surface area (Å²) in [4.78, 5) is 11.2. The SMILES string of the molecule is COC(=O)NCc1ccc(S(=O)(=O)N2CCCC2)cc1. The van der Waals surface area contributed by atoms with Gasteiger partial charge in [0.1, 0.15) is 0 Å². The predicted molar refractivity (Wildman–Crippen MR) is 73.7 cm³/mol.